The maximum absolute atomic E-state index is 12.2. The lowest BCUT2D eigenvalue weighted by Gasteiger charge is -2.33. The van der Waals surface area contributed by atoms with Crippen molar-refractivity contribution in [2.45, 2.75) is 11.8 Å². The summed E-state index contributed by atoms with van der Waals surface area (Å²) in [7, 11) is 2.18. The average molecular weight is 319 g/mol. The van der Waals surface area contributed by atoms with Crippen molar-refractivity contribution in [2.75, 3.05) is 52.1 Å². The standard InChI is InChI=1S/C17H25N3OS/c1-18-10-12-19(13-11-18)8-5-9-20-16(21)14-22-17(20)15-6-3-2-4-7-15/h2-4,6-7,17H,5,8-14H2,1H3. The summed E-state index contributed by atoms with van der Waals surface area (Å²) in [5.74, 6) is 0.908. The van der Waals surface area contributed by atoms with Crippen LogP contribution >= 0.6 is 11.8 Å². The average Bonchev–Trinajstić information content (AvgIpc) is 2.91. The minimum absolute atomic E-state index is 0.209. The van der Waals surface area contributed by atoms with Gasteiger partial charge >= 0.3 is 0 Å². The zero-order chi connectivity index (χ0) is 15.4. The van der Waals surface area contributed by atoms with Crippen LogP contribution in [0.25, 0.3) is 0 Å². The van der Waals surface area contributed by atoms with Crippen LogP contribution in [0.5, 0.6) is 0 Å². The van der Waals surface area contributed by atoms with E-state index in [0.717, 1.165) is 45.7 Å². The first-order valence-corrected chi connectivity index (χ1v) is 9.16. The van der Waals surface area contributed by atoms with Crippen LogP contribution in [0.15, 0.2) is 30.3 Å². The van der Waals surface area contributed by atoms with Gasteiger partial charge < -0.3 is 14.7 Å². The minimum atomic E-state index is 0.209. The van der Waals surface area contributed by atoms with Gasteiger partial charge in [0.2, 0.25) is 5.91 Å². The number of rotatable bonds is 5. The third-order valence-electron chi connectivity index (χ3n) is 4.52. The van der Waals surface area contributed by atoms with Gasteiger partial charge in [0.1, 0.15) is 5.37 Å². The lowest BCUT2D eigenvalue weighted by Crippen LogP contribution is -2.45. The SMILES string of the molecule is CN1CCN(CCCN2C(=O)CSC2c2ccccc2)CC1. The van der Waals surface area contributed by atoms with Crippen molar-refractivity contribution < 1.29 is 4.79 Å². The first kappa shape index (κ1) is 15.8. The fraction of sp³-hybridized carbons (Fsp3) is 0.588. The number of hydrogen-bond acceptors (Lipinski definition) is 4. The molecule has 2 heterocycles. The Bertz CT molecular complexity index is 488. The lowest BCUT2D eigenvalue weighted by molar-refractivity contribution is -0.128. The van der Waals surface area contributed by atoms with Crippen molar-refractivity contribution in [3.05, 3.63) is 35.9 Å². The summed E-state index contributed by atoms with van der Waals surface area (Å²) in [6, 6.07) is 10.4. The Labute approximate surface area is 137 Å². The molecule has 1 unspecified atom stereocenters. The van der Waals surface area contributed by atoms with Gasteiger partial charge in [0.05, 0.1) is 5.75 Å². The predicted octanol–water partition coefficient (Wildman–Crippen LogP) is 1.90. The van der Waals surface area contributed by atoms with Crippen molar-refractivity contribution in [1.29, 1.82) is 0 Å². The molecule has 0 radical (unpaired) electrons. The molecule has 0 spiro atoms. The molecule has 1 aromatic rings. The first-order valence-electron chi connectivity index (χ1n) is 8.11. The van der Waals surface area contributed by atoms with E-state index < -0.39 is 0 Å². The lowest BCUT2D eigenvalue weighted by atomic mass is 10.2. The van der Waals surface area contributed by atoms with Gasteiger partial charge in [-0.15, -0.1) is 11.8 Å². The number of benzene rings is 1. The van der Waals surface area contributed by atoms with Crippen LogP contribution in [0, 0.1) is 0 Å². The van der Waals surface area contributed by atoms with E-state index in [1.165, 1.54) is 5.56 Å². The normalized spacial score (nSPS) is 24.1. The fourth-order valence-corrected chi connectivity index (χ4v) is 4.34. The summed E-state index contributed by atoms with van der Waals surface area (Å²) in [6.45, 7) is 6.60. The van der Waals surface area contributed by atoms with E-state index in [-0.39, 0.29) is 11.3 Å². The van der Waals surface area contributed by atoms with Crippen molar-refractivity contribution in [3.63, 3.8) is 0 Å². The van der Waals surface area contributed by atoms with Crippen LogP contribution in [0.1, 0.15) is 17.4 Å². The first-order chi connectivity index (χ1) is 10.7. The number of piperazine rings is 1. The summed E-state index contributed by atoms with van der Waals surface area (Å²) < 4.78 is 0. The van der Waals surface area contributed by atoms with E-state index in [0.29, 0.717) is 5.75 Å². The van der Waals surface area contributed by atoms with Gasteiger partial charge in [-0.2, -0.15) is 0 Å². The molecule has 2 fully saturated rings. The van der Waals surface area contributed by atoms with E-state index in [9.17, 15) is 4.79 Å². The molecular weight excluding hydrogens is 294 g/mol. The van der Waals surface area contributed by atoms with Crippen LogP contribution in [-0.4, -0.2) is 72.7 Å². The second-order valence-corrected chi connectivity index (χ2v) is 7.23. The van der Waals surface area contributed by atoms with Crippen LogP contribution in [-0.2, 0) is 4.79 Å². The number of carbonyl (C=O) groups excluding carboxylic acids is 1. The molecule has 120 valence electrons. The molecule has 1 amide bonds. The highest BCUT2D eigenvalue weighted by molar-refractivity contribution is 8.00. The number of carbonyl (C=O) groups is 1. The molecule has 0 aromatic heterocycles. The third-order valence-corrected chi connectivity index (χ3v) is 5.78. The largest absolute Gasteiger partial charge is 0.326 e. The van der Waals surface area contributed by atoms with Crippen molar-refractivity contribution in [1.82, 2.24) is 14.7 Å². The zero-order valence-electron chi connectivity index (χ0n) is 13.3. The number of nitrogens with zero attached hydrogens (tertiary/aromatic N) is 3. The second-order valence-electron chi connectivity index (χ2n) is 6.16. The highest BCUT2D eigenvalue weighted by Crippen LogP contribution is 2.38. The monoisotopic (exact) mass is 319 g/mol. The minimum Gasteiger partial charge on any atom is -0.326 e. The molecule has 4 nitrogen and oxygen atoms in total. The molecule has 0 N–H and O–H groups in total. The fourth-order valence-electron chi connectivity index (χ4n) is 3.13. The van der Waals surface area contributed by atoms with Crippen molar-refractivity contribution >= 4 is 17.7 Å². The molecule has 1 aromatic carbocycles. The Hall–Kier alpha value is -1.04. The van der Waals surface area contributed by atoms with E-state index in [1.54, 1.807) is 11.8 Å². The third kappa shape index (κ3) is 3.83. The Kier molecular flexibility index (Phi) is 5.39. The summed E-state index contributed by atoms with van der Waals surface area (Å²) in [5.41, 5.74) is 1.25. The summed E-state index contributed by atoms with van der Waals surface area (Å²) in [6.07, 6.45) is 1.07. The van der Waals surface area contributed by atoms with Gasteiger partial charge in [-0.25, -0.2) is 0 Å². The van der Waals surface area contributed by atoms with Crippen LogP contribution in [0.3, 0.4) is 0 Å². The molecule has 22 heavy (non-hydrogen) atoms. The Balaban J connectivity index is 1.51. The molecule has 0 bridgehead atoms. The van der Waals surface area contributed by atoms with E-state index in [1.807, 2.05) is 6.07 Å². The molecule has 0 aliphatic carbocycles. The Morgan fingerprint density at radius 3 is 2.55 bits per heavy atom. The number of amides is 1. The molecule has 0 saturated carbocycles. The highest BCUT2D eigenvalue weighted by Gasteiger charge is 2.32. The highest BCUT2D eigenvalue weighted by atomic mass is 32.2. The number of thioether (sulfide) groups is 1. The molecule has 5 heteroatoms. The second kappa shape index (κ2) is 7.49. The van der Waals surface area contributed by atoms with Crippen molar-refractivity contribution in [3.8, 4) is 0 Å². The quantitative estimate of drug-likeness (QED) is 0.828. The van der Waals surface area contributed by atoms with Gasteiger partial charge in [0.15, 0.2) is 0 Å². The van der Waals surface area contributed by atoms with Gasteiger partial charge in [-0.1, -0.05) is 30.3 Å². The van der Waals surface area contributed by atoms with Gasteiger partial charge in [-0.3, -0.25) is 4.79 Å². The predicted molar refractivity (Wildman–Crippen MR) is 91.9 cm³/mol. The van der Waals surface area contributed by atoms with Gasteiger partial charge in [-0.05, 0) is 25.6 Å². The van der Waals surface area contributed by atoms with Gasteiger partial charge in [0.25, 0.3) is 0 Å². The van der Waals surface area contributed by atoms with E-state index in [4.69, 9.17) is 0 Å². The smallest absolute Gasteiger partial charge is 0.233 e. The summed E-state index contributed by atoms with van der Waals surface area (Å²) >= 11 is 1.75. The van der Waals surface area contributed by atoms with Crippen LogP contribution < -0.4 is 0 Å². The topological polar surface area (TPSA) is 26.8 Å². The Morgan fingerprint density at radius 2 is 1.82 bits per heavy atom. The molecule has 1 atom stereocenters. The number of hydrogen-bond donors (Lipinski definition) is 0. The maximum Gasteiger partial charge on any atom is 0.233 e. The van der Waals surface area contributed by atoms with E-state index in [2.05, 4.69) is 46.0 Å². The molecule has 3 rings (SSSR count). The molecule has 2 aliphatic rings. The molecular formula is C17H25N3OS. The maximum atomic E-state index is 12.2. The van der Waals surface area contributed by atoms with Gasteiger partial charge in [0, 0.05) is 32.7 Å². The van der Waals surface area contributed by atoms with Crippen LogP contribution in [0.4, 0.5) is 0 Å². The van der Waals surface area contributed by atoms with Crippen LogP contribution in [0.2, 0.25) is 0 Å². The Morgan fingerprint density at radius 1 is 1.09 bits per heavy atom. The van der Waals surface area contributed by atoms with Crippen molar-refractivity contribution in [2.24, 2.45) is 0 Å². The van der Waals surface area contributed by atoms with E-state index >= 15 is 0 Å². The molecule has 2 aliphatic heterocycles. The number of likely N-dealkylation sites (N-methyl/N-ethyl adjacent to an activating group) is 1. The molecule has 2 saturated heterocycles. The zero-order valence-corrected chi connectivity index (χ0v) is 14.1. The summed E-state index contributed by atoms with van der Waals surface area (Å²) in [5, 5.41) is 0.209. The summed E-state index contributed by atoms with van der Waals surface area (Å²) in [4.78, 5) is 19.1.